The molecule has 2 heterocycles. The zero-order valence-corrected chi connectivity index (χ0v) is 16.9. The fraction of sp³-hybridized carbons (Fsp3) is 0.300. The summed E-state index contributed by atoms with van der Waals surface area (Å²) >= 11 is 1.25. The first-order chi connectivity index (χ1) is 14.0. The number of para-hydroxylation sites is 1. The summed E-state index contributed by atoms with van der Waals surface area (Å²) in [6, 6.07) is 10.0. The molecule has 8 nitrogen and oxygen atoms in total. The van der Waals surface area contributed by atoms with Crippen LogP contribution in [0.25, 0.3) is 17.0 Å². The van der Waals surface area contributed by atoms with Gasteiger partial charge in [0.05, 0.1) is 23.1 Å². The van der Waals surface area contributed by atoms with E-state index >= 15 is 0 Å². The number of hydrogen-bond donors (Lipinski definition) is 0. The minimum Gasteiger partial charge on any atom is -0.401 e. The Bertz CT molecular complexity index is 1090. The Kier molecular flexibility index (Phi) is 6.84. The first-order valence-corrected chi connectivity index (χ1v) is 10.0. The number of rotatable bonds is 9. The minimum atomic E-state index is -0.591. The lowest BCUT2D eigenvalue weighted by Gasteiger charge is -2.13. The number of hydrogen-bond acceptors (Lipinski definition) is 7. The predicted octanol–water partition coefficient (Wildman–Crippen LogP) is 4.48. The van der Waals surface area contributed by atoms with Crippen LogP contribution in [0.2, 0.25) is 0 Å². The molecule has 0 aliphatic rings. The molecule has 0 N–H and O–H groups in total. The van der Waals surface area contributed by atoms with Gasteiger partial charge in [0.2, 0.25) is 0 Å². The molecule has 0 aliphatic heterocycles. The summed E-state index contributed by atoms with van der Waals surface area (Å²) in [5, 5.41) is 13.5. The molecule has 0 bridgehead atoms. The van der Waals surface area contributed by atoms with Crippen LogP contribution in [0.1, 0.15) is 26.0 Å². The number of nitro groups is 1. The molecule has 152 valence electrons. The average molecular weight is 415 g/mol. The van der Waals surface area contributed by atoms with E-state index in [0.29, 0.717) is 41.4 Å². The van der Waals surface area contributed by atoms with Crippen molar-refractivity contribution in [2.45, 2.75) is 38.1 Å². The number of nitrogens with zero attached hydrogens (tertiary/aromatic N) is 3. The lowest BCUT2D eigenvalue weighted by atomic mass is 10.2. The van der Waals surface area contributed by atoms with Crippen LogP contribution in [-0.2, 0) is 11.3 Å². The van der Waals surface area contributed by atoms with E-state index in [-0.39, 0.29) is 17.5 Å². The lowest BCUT2D eigenvalue weighted by molar-refractivity contribution is -0.402. The maximum Gasteiger partial charge on any atom is 0.433 e. The standard InChI is InChI=1S/C20H21N3O5S/c1-14(2)27-12-5-11-22-19(24)16-6-3-4-7-17(16)21-20(22)29-13-10-15-8-9-18(28-15)23(25)26/h3-4,6-10,13-14H,5,11-12H2,1-2H3/b13-10+. The Morgan fingerprint density at radius 2 is 2.10 bits per heavy atom. The summed E-state index contributed by atoms with van der Waals surface area (Å²) in [6.07, 6.45) is 2.42. The summed E-state index contributed by atoms with van der Waals surface area (Å²) in [5.41, 5.74) is 0.515. The van der Waals surface area contributed by atoms with Crippen molar-refractivity contribution >= 4 is 34.6 Å². The SMILES string of the molecule is CC(C)OCCCn1c(S/C=C/c2ccc([N+](=O)[O-])o2)nc2ccccc2c1=O. The highest BCUT2D eigenvalue weighted by molar-refractivity contribution is 8.02. The number of aromatic nitrogens is 2. The number of fused-ring (bicyclic) bond motifs is 1. The molecular weight excluding hydrogens is 394 g/mol. The van der Waals surface area contributed by atoms with Gasteiger partial charge >= 0.3 is 5.88 Å². The van der Waals surface area contributed by atoms with E-state index in [1.165, 1.54) is 23.9 Å². The highest BCUT2D eigenvalue weighted by atomic mass is 32.2. The monoisotopic (exact) mass is 415 g/mol. The molecule has 0 spiro atoms. The summed E-state index contributed by atoms with van der Waals surface area (Å²) in [7, 11) is 0. The third-order valence-electron chi connectivity index (χ3n) is 4.00. The van der Waals surface area contributed by atoms with Crippen molar-refractivity contribution in [3.05, 3.63) is 68.0 Å². The Morgan fingerprint density at radius 1 is 1.31 bits per heavy atom. The molecule has 9 heteroatoms. The summed E-state index contributed by atoms with van der Waals surface area (Å²) in [4.78, 5) is 27.7. The minimum absolute atomic E-state index is 0.107. The molecule has 1 aromatic carbocycles. The predicted molar refractivity (Wildman–Crippen MR) is 112 cm³/mol. The molecule has 0 aliphatic carbocycles. The number of benzene rings is 1. The molecule has 0 radical (unpaired) electrons. The van der Waals surface area contributed by atoms with Gasteiger partial charge in [-0.15, -0.1) is 0 Å². The zero-order valence-electron chi connectivity index (χ0n) is 16.1. The van der Waals surface area contributed by atoms with Gasteiger partial charge in [0, 0.05) is 13.2 Å². The first kappa shape index (κ1) is 20.8. The van der Waals surface area contributed by atoms with Crippen molar-refractivity contribution in [1.29, 1.82) is 0 Å². The van der Waals surface area contributed by atoms with Crippen molar-refractivity contribution in [2.24, 2.45) is 0 Å². The molecule has 0 saturated carbocycles. The molecule has 29 heavy (non-hydrogen) atoms. The fourth-order valence-electron chi connectivity index (χ4n) is 2.67. The smallest absolute Gasteiger partial charge is 0.401 e. The van der Waals surface area contributed by atoms with Crippen LogP contribution in [0.3, 0.4) is 0 Å². The lowest BCUT2D eigenvalue weighted by Crippen LogP contribution is -2.24. The van der Waals surface area contributed by atoms with Gasteiger partial charge in [0.1, 0.15) is 10.7 Å². The number of furan rings is 1. The molecule has 0 saturated heterocycles. The highest BCUT2D eigenvalue weighted by Gasteiger charge is 2.12. The van der Waals surface area contributed by atoms with Gasteiger partial charge in [0.25, 0.3) is 5.56 Å². The van der Waals surface area contributed by atoms with E-state index in [2.05, 4.69) is 4.98 Å². The van der Waals surface area contributed by atoms with Crippen LogP contribution < -0.4 is 5.56 Å². The van der Waals surface area contributed by atoms with Gasteiger partial charge < -0.3 is 9.15 Å². The third kappa shape index (κ3) is 5.33. The van der Waals surface area contributed by atoms with Gasteiger partial charge in [-0.25, -0.2) is 4.98 Å². The van der Waals surface area contributed by atoms with Crippen LogP contribution in [0.4, 0.5) is 5.88 Å². The first-order valence-electron chi connectivity index (χ1n) is 9.14. The summed E-state index contributed by atoms with van der Waals surface area (Å²) in [6.45, 7) is 4.96. The second-order valence-corrected chi connectivity index (χ2v) is 7.37. The molecule has 0 amide bonds. The Labute approximate surface area is 171 Å². The summed E-state index contributed by atoms with van der Waals surface area (Å²) < 4.78 is 12.3. The van der Waals surface area contributed by atoms with Gasteiger partial charge in [-0.1, -0.05) is 23.9 Å². The topological polar surface area (TPSA) is 100 Å². The van der Waals surface area contributed by atoms with Crippen molar-refractivity contribution in [1.82, 2.24) is 9.55 Å². The third-order valence-corrected chi connectivity index (χ3v) is 4.80. The molecule has 0 fully saturated rings. The molecule has 3 rings (SSSR count). The van der Waals surface area contributed by atoms with Crippen LogP contribution in [0.5, 0.6) is 0 Å². The Morgan fingerprint density at radius 3 is 2.83 bits per heavy atom. The van der Waals surface area contributed by atoms with Gasteiger partial charge in [-0.2, -0.15) is 0 Å². The van der Waals surface area contributed by atoms with Gasteiger partial charge in [-0.05, 0) is 50.0 Å². The van der Waals surface area contributed by atoms with Crippen LogP contribution in [-0.4, -0.2) is 27.2 Å². The summed E-state index contributed by atoms with van der Waals surface area (Å²) in [5.74, 6) is 0.0322. The largest absolute Gasteiger partial charge is 0.433 e. The molecule has 3 aromatic rings. The van der Waals surface area contributed by atoms with Crippen molar-refractivity contribution in [3.8, 4) is 0 Å². The van der Waals surface area contributed by atoms with E-state index in [1.807, 2.05) is 26.0 Å². The van der Waals surface area contributed by atoms with Crippen molar-refractivity contribution < 1.29 is 14.1 Å². The second-order valence-electron chi connectivity index (χ2n) is 6.50. The second kappa shape index (κ2) is 9.53. The molecule has 0 unspecified atom stereocenters. The average Bonchev–Trinajstić information content (AvgIpc) is 3.16. The zero-order chi connectivity index (χ0) is 20.8. The van der Waals surface area contributed by atoms with E-state index in [4.69, 9.17) is 9.15 Å². The maximum atomic E-state index is 12.9. The van der Waals surface area contributed by atoms with Crippen LogP contribution in [0.15, 0.2) is 56.2 Å². The Balaban J connectivity index is 1.83. The molecular formula is C20H21N3O5S. The Hall–Kier alpha value is -2.91. The van der Waals surface area contributed by atoms with Gasteiger partial charge in [0.15, 0.2) is 5.16 Å². The van der Waals surface area contributed by atoms with Gasteiger partial charge in [-0.3, -0.25) is 19.5 Å². The van der Waals surface area contributed by atoms with E-state index < -0.39 is 4.92 Å². The van der Waals surface area contributed by atoms with E-state index in [0.717, 1.165) is 0 Å². The number of ether oxygens (including phenoxy) is 1. The molecule has 0 atom stereocenters. The van der Waals surface area contributed by atoms with E-state index in [9.17, 15) is 14.9 Å². The van der Waals surface area contributed by atoms with Crippen molar-refractivity contribution in [3.63, 3.8) is 0 Å². The molecule has 2 aromatic heterocycles. The number of thioether (sulfide) groups is 1. The van der Waals surface area contributed by atoms with Crippen LogP contribution in [0, 0.1) is 10.1 Å². The van der Waals surface area contributed by atoms with Crippen LogP contribution >= 0.6 is 11.8 Å². The van der Waals surface area contributed by atoms with Crippen molar-refractivity contribution in [2.75, 3.05) is 6.61 Å². The quantitative estimate of drug-likeness (QED) is 0.167. The fourth-order valence-corrected chi connectivity index (χ4v) is 3.44. The maximum absolute atomic E-state index is 12.9. The highest BCUT2D eigenvalue weighted by Crippen LogP contribution is 2.22. The van der Waals surface area contributed by atoms with E-state index in [1.54, 1.807) is 28.2 Å². The normalized spacial score (nSPS) is 11.7.